The Balaban J connectivity index is 1.34. The van der Waals surface area contributed by atoms with E-state index in [1.54, 1.807) is 6.07 Å². The average Bonchev–Trinajstić information content (AvgIpc) is 3.36. The summed E-state index contributed by atoms with van der Waals surface area (Å²) in [6.45, 7) is 0.295. The molecule has 2 heterocycles. The SMILES string of the molecule is COc1cc(C(=O)O)ccc1Cn1nnc(-c2cccc(/C=C/c3ccc4ccccc4n3)c2)n1. The van der Waals surface area contributed by atoms with E-state index >= 15 is 0 Å². The number of hydrogen-bond donors (Lipinski definition) is 1. The van der Waals surface area contributed by atoms with Crippen LogP contribution in [0.2, 0.25) is 0 Å². The highest BCUT2D eigenvalue weighted by Gasteiger charge is 2.12. The van der Waals surface area contributed by atoms with Gasteiger partial charge in [-0.2, -0.15) is 4.80 Å². The van der Waals surface area contributed by atoms with Gasteiger partial charge in [0.05, 0.1) is 30.4 Å². The van der Waals surface area contributed by atoms with E-state index in [4.69, 9.17) is 4.74 Å². The van der Waals surface area contributed by atoms with Crippen molar-refractivity contribution in [2.45, 2.75) is 6.54 Å². The minimum Gasteiger partial charge on any atom is -0.496 e. The maximum Gasteiger partial charge on any atom is 0.335 e. The number of nitrogens with zero attached hydrogens (tertiary/aromatic N) is 5. The summed E-state index contributed by atoms with van der Waals surface area (Å²) >= 11 is 0. The molecular formula is C27H21N5O3. The van der Waals surface area contributed by atoms with Crippen molar-refractivity contribution in [2.24, 2.45) is 0 Å². The van der Waals surface area contributed by atoms with Gasteiger partial charge in [0.15, 0.2) is 0 Å². The van der Waals surface area contributed by atoms with Gasteiger partial charge >= 0.3 is 5.97 Å². The van der Waals surface area contributed by atoms with E-state index in [9.17, 15) is 9.90 Å². The fourth-order valence-corrected chi connectivity index (χ4v) is 3.72. The van der Waals surface area contributed by atoms with Gasteiger partial charge in [-0.15, -0.1) is 10.2 Å². The van der Waals surface area contributed by atoms with Crippen LogP contribution in [0.4, 0.5) is 0 Å². The predicted octanol–water partition coefficient (Wildman–Crippen LogP) is 4.81. The molecule has 0 aliphatic heterocycles. The number of methoxy groups -OCH3 is 1. The van der Waals surface area contributed by atoms with E-state index in [-0.39, 0.29) is 5.56 Å². The van der Waals surface area contributed by atoms with E-state index in [0.29, 0.717) is 18.1 Å². The Hall–Kier alpha value is -4.85. The number of aromatic nitrogens is 5. The molecule has 35 heavy (non-hydrogen) atoms. The number of rotatable bonds is 7. The number of para-hydroxylation sites is 1. The topological polar surface area (TPSA) is 103 Å². The Bertz CT molecular complexity index is 1560. The van der Waals surface area contributed by atoms with Crippen LogP contribution in [0.5, 0.6) is 5.75 Å². The van der Waals surface area contributed by atoms with E-state index in [1.165, 1.54) is 24.0 Å². The molecular weight excluding hydrogens is 442 g/mol. The lowest BCUT2D eigenvalue weighted by Crippen LogP contribution is -2.07. The van der Waals surface area contributed by atoms with Gasteiger partial charge in [0.2, 0.25) is 5.82 Å². The number of aromatic carboxylic acids is 1. The first kappa shape index (κ1) is 22.0. The maximum absolute atomic E-state index is 11.2. The monoisotopic (exact) mass is 463 g/mol. The first-order valence-electron chi connectivity index (χ1n) is 10.9. The molecule has 0 atom stereocenters. The molecule has 0 saturated heterocycles. The average molecular weight is 463 g/mol. The fraction of sp³-hybridized carbons (Fsp3) is 0.0741. The molecule has 2 aromatic heterocycles. The van der Waals surface area contributed by atoms with Crippen molar-refractivity contribution in [1.82, 2.24) is 25.2 Å². The molecule has 1 N–H and O–H groups in total. The summed E-state index contributed by atoms with van der Waals surface area (Å²) in [5.41, 5.74) is 4.56. The zero-order valence-corrected chi connectivity index (χ0v) is 18.9. The number of pyridine rings is 1. The van der Waals surface area contributed by atoms with Crippen LogP contribution in [0.25, 0.3) is 34.4 Å². The Morgan fingerprint density at radius 1 is 1.00 bits per heavy atom. The van der Waals surface area contributed by atoms with Crippen molar-refractivity contribution in [3.63, 3.8) is 0 Å². The molecule has 0 aliphatic rings. The first-order chi connectivity index (χ1) is 17.1. The molecule has 0 saturated carbocycles. The van der Waals surface area contributed by atoms with Gasteiger partial charge in [0.25, 0.3) is 0 Å². The molecule has 8 heteroatoms. The van der Waals surface area contributed by atoms with Gasteiger partial charge in [0, 0.05) is 16.5 Å². The van der Waals surface area contributed by atoms with Gasteiger partial charge < -0.3 is 9.84 Å². The smallest absolute Gasteiger partial charge is 0.335 e. The van der Waals surface area contributed by atoms with Crippen LogP contribution in [0.3, 0.4) is 0 Å². The number of benzene rings is 3. The highest BCUT2D eigenvalue weighted by atomic mass is 16.5. The molecule has 172 valence electrons. The molecule has 5 rings (SSSR count). The van der Waals surface area contributed by atoms with Gasteiger partial charge in [-0.05, 0) is 47.2 Å². The maximum atomic E-state index is 11.2. The first-order valence-corrected chi connectivity index (χ1v) is 10.9. The third-order valence-corrected chi connectivity index (χ3v) is 5.51. The van der Waals surface area contributed by atoms with E-state index < -0.39 is 5.97 Å². The summed E-state index contributed by atoms with van der Waals surface area (Å²) in [6, 6.07) is 24.6. The van der Waals surface area contributed by atoms with Gasteiger partial charge in [0.1, 0.15) is 5.75 Å². The second kappa shape index (κ2) is 9.56. The highest BCUT2D eigenvalue weighted by molar-refractivity contribution is 5.88. The molecule has 8 nitrogen and oxygen atoms in total. The number of hydrogen-bond acceptors (Lipinski definition) is 6. The molecule has 0 bridgehead atoms. The Kier molecular flexibility index (Phi) is 6.00. The third-order valence-electron chi connectivity index (χ3n) is 5.51. The van der Waals surface area contributed by atoms with Crippen LogP contribution in [0.15, 0.2) is 78.9 Å². The van der Waals surface area contributed by atoms with Crippen molar-refractivity contribution >= 4 is 29.0 Å². The molecule has 0 fully saturated rings. The number of carbonyl (C=O) groups is 1. The Labute approximate surface area is 201 Å². The zero-order valence-electron chi connectivity index (χ0n) is 18.9. The molecule has 0 amide bonds. The summed E-state index contributed by atoms with van der Waals surface area (Å²) in [4.78, 5) is 17.3. The lowest BCUT2D eigenvalue weighted by atomic mass is 10.1. The van der Waals surface area contributed by atoms with Gasteiger partial charge in [-0.1, -0.05) is 54.6 Å². The van der Waals surface area contributed by atoms with Gasteiger partial charge in [-0.25, -0.2) is 9.78 Å². The molecule has 0 radical (unpaired) electrons. The lowest BCUT2D eigenvalue weighted by molar-refractivity contribution is 0.0696. The summed E-state index contributed by atoms with van der Waals surface area (Å²) in [6.07, 6.45) is 3.97. The quantitative estimate of drug-likeness (QED) is 0.369. The Morgan fingerprint density at radius 2 is 1.89 bits per heavy atom. The highest BCUT2D eigenvalue weighted by Crippen LogP contribution is 2.22. The number of tetrazole rings is 1. The minimum absolute atomic E-state index is 0.154. The van der Waals surface area contributed by atoms with Crippen molar-refractivity contribution < 1.29 is 14.6 Å². The van der Waals surface area contributed by atoms with Gasteiger partial charge in [-0.3, -0.25) is 0 Å². The summed E-state index contributed by atoms with van der Waals surface area (Å²) in [7, 11) is 1.50. The van der Waals surface area contributed by atoms with Crippen molar-refractivity contribution in [3.05, 3.63) is 101 Å². The molecule has 0 spiro atoms. The molecule has 0 unspecified atom stereocenters. The van der Waals surface area contributed by atoms with Crippen LogP contribution in [-0.4, -0.2) is 43.4 Å². The molecule has 0 aliphatic carbocycles. The zero-order chi connectivity index (χ0) is 24.2. The largest absolute Gasteiger partial charge is 0.496 e. The number of fused-ring (bicyclic) bond motifs is 1. The number of ether oxygens (including phenoxy) is 1. The normalized spacial score (nSPS) is 11.2. The van der Waals surface area contributed by atoms with Crippen LogP contribution in [-0.2, 0) is 6.54 Å². The van der Waals surface area contributed by atoms with E-state index in [1.807, 2.05) is 66.7 Å². The van der Waals surface area contributed by atoms with Crippen LogP contribution >= 0.6 is 0 Å². The second-order valence-corrected chi connectivity index (χ2v) is 7.86. The van der Waals surface area contributed by atoms with Crippen LogP contribution < -0.4 is 4.74 Å². The summed E-state index contributed by atoms with van der Waals surface area (Å²) in [5.74, 6) is -0.0651. The standard InChI is InChI=1S/C27H21N5O3/c1-35-25-16-21(27(33)34)10-11-22(25)17-32-30-26(29-31-32)20-7-4-5-18(15-20)9-13-23-14-12-19-6-2-3-8-24(19)28-23/h2-16H,17H2,1H3,(H,33,34)/b13-9+. The van der Waals surface area contributed by atoms with Crippen molar-refractivity contribution in [2.75, 3.05) is 7.11 Å². The van der Waals surface area contributed by atoms with Crippen LogP contribution in [0, 0.1) is 0 Å². The van der Waals surface area contributed by atoms with E-state index in [2.05, 4.69) is 26.5 Å². The van der Waals surface area contributed by atoms with Crippen LogP contribution in [0.1, 0.15) is 27.2 Å². The molecule has 3 aromatic carbocycles. The van der Waals surface area contributed by atoms with Crippen molar-refractivity contribution in [1.29, 1.82) is 0 Å². The summed E-state index contributed by atoms with van der Waals surface area (Å²) in [5, 5.41) is 23.1. The Morgan fingerprint density at radius 3 is 2.74 bits per heavy atom. The molecule has 5 aromatic rings. The third kappa shape index (κ3) is 4.91. The minimum atomic E-state index is -1.01. The second-order valence-electron chi connectivity index (χ2n) is 7.86. The number of carboxylic acid groups (broad SMARTS) is 1. The fourth-order valence-electron chi connectivity index (χ4n) is 3.72. The van der Waals surface area contributed by atoms with Crippen molar-refractivity contribution in [3.8, 4) is 17.1 Å². The van der Waals surface area contributed by atoms with E-state index in [0.717, 1.165) is 33.3 Å². The number of carboxylic acids is 1. The lowest BCUT2D eigenvalue weighted by Gasteiger charge is -2.08. The summed E-state index contributed by atoms with van der Waals surface area (Å²) < 4.78 is 5.34. The predicted molar refractivity (Wildman–Crippen MR) is 133 cm³/mol.